The number of nitrogens with two attached hydrogens (primary N) is 1. The molecule has 3 N–H and O–H groups in total. The largest absolute Gasteiger partial charge is 0.330 e. The maximum atomic E-state index is 12.1. The Kier molecular flexibility index (Phi) is 3.24. The number of carbonyl (C=O) groups excluding carboxylic acids is 2. The van der Waals surface area contributed by atoms with Crippen LogP contribution < -0.4 is 11.1 Å². The van der Waals surface area contributed by atoms with Gasteiger partial charge in [-0.1, -0.05) is 6.92 Å². The topological polar surface area (TPSA) is 72.2 Å². The third kappa shape index (κ3) is 2.22. The molecule has 1 aliphatic rings. The molecule has 90 valence electrons. The van der Waals surface area contributed by atoms with E-state index in [0.29, 0.717) is 18.5 Å². The molecular formula is C13H16N2O2. The summed E-state index contributed by atoms with van der Waals surface area (Å²) in [4.78, 5) is 23.3. The van der Waals surface area contributed by atoms with E-state index < -0.39 is 0 Å². The Bertz CT molecular complexity index is 464. The predicted molar refractivity (Wildman–Crippen MR) is 65.9 cm³/mol. The Morgan fingerprint density at radius 3 is 2.94 bits per heavy atom. The Morgan fingerprint density at radius 1 is 1.53 bits per heavy atom. The van der Waals surface area contributed by atoms with Crippen LogP contribution in [0.25, 0.3) is 0 Å². The Balaban J connectivity index is 2.27. The lowest BCUT2D eigenvalue weighted by molar-refractivity contribution is -0.115. The predicted octanol–water partition coefficient (Wildman–Crippen LogP) is 1.35. The molecule has 0 aliphatic carbocycles. The Hall–Kier alpha value is -1.68. The molecule has 0 radical (unpaired) electrons. The SMILES string of the molecule is CCC(CN)C(=O)c1ccc2c(c1)CC(=O)N2. The highest BCUT2D eigenvalue weighted by Gasteiger charge is 2.21. The van der Waals surface area contributed by atoms with Crippen LogP contribution in [0.3, 0.4) is 0 Å². The van der Waals surface area contributed by atoms with Crippen molar-refractivity contribution in [3.63, 3.8) is 0 Å². The number of anilines is 1. The van der Waals surface area contributed by atoms with Gasteiger partial charge in [-0.05, 0) is 30.2 Å². The zero-order valence-electron chi connectivity index (χ0n) is 9.82. The summed E-state index contributed by atoms with van der Waals surface area (Å²) >= 11 is 0. The summed E-state index contributed by atoms with van der Waals surface area (Å²) in [6, 6.07) is 5.34. The van der Waals surface area contributed by atoms with Crippen molar-refractivity contribution in [2.75, 3.05) is 11.9 Å². The quantitative estimate of drug-likeness (QED) is 0.770. The van der Waals surface area contributed by atoms with Crippen LogP contribution in [0.2, 0.25) is 0 Å². The van der Waals surface area contributed by atoms with E-state index in [-0.39, 0.29) is 17.6 Å². The first-order chi connectivity index (χ1) is 8.15. The number of hydrogen-bond acceptors (Lipinski definition) is 3. The number of amides is 1. The van der Waals surface area contributed by atoms with Crippen molar-refractivity contribution in [1.29, 1.82) is 0 Å². The molecule has 4 heteroatoms. The molecule has 0 saturated carbocycles. The summed E-state index contributed by atoms with van der Waals surface area (Å²) in [5, 5.41) is 2.75. The van der Waals surface area contributed by atoms with Gasteiger partial charge in [0.15, 0.2) is 5.78 Å². The number of carbonyl (C=O) groups is 2. The third-order valence-electron chi connectivity index (χ3n) is 3.16. The molecule has 1 aromatic carbocycles. The molecule has 1 aliphatic heterocycles. The van der Waals surface area contributed by atoms with Gasteiger partial charge in [0.05, 0.1) is 6.42 Å². The number of benzene rings is 1. The van der Waals surface area contributed by atoms with Gasteiger partial charge in [0.2, 0.25) is 5.91 Å². The molecule has 0 spiro atoms. The average molecular weight is 232 g/mol. The van der Waals surface area contributed by atoms with E-state index in [1.165, 1.54) is 0 Å². The van der Waals surface area contributed by atoms with Crippen LogP contribution in [0.15, 0.2) is 18.2 Å². The van der Waals surface area contributed by atoms with Gasteiger partial charge in [-0.2, -0.15) is 0 Å². The fourth-order valence-electron chi connectivity index (χ4n) is 2.08. The highest BCUT2D eigenvalue weighted by Crippen LogP contribution is 2.25. The molecule has 1 unspecified atom stereocenters. The van der Waals surface area contributed by atoms with Crippen LogP contribution in [0.4, 0.5) is 5.69 Å². The Labute approximate surface area is 100 Å². The zero-order valence-corrected chi connectivity index (χ0v) is 9.82. The van der Waals surface area contributed by atoms with Crippen LogP contribution in [-0.2, 0) is 11.2 Å². The maximum absolute atomic E-state index is 12.1. The summed E-state index contributed by atoms with van der Waals surface area (Å²) < 4.78 is 0. The van der Waals surface area contributed by atoms with Crippen molar-refractivity contribution >= 4 is 17.4 Å². The summed E-state index contributed by atoms with van der Waals surface area (Å²) in [7, 11) is 0. The minimum atomic E-state index is -0.127. The van der Waals surface area contributed by atoms with Crippen LogP contribution in [0, 0.1) is 5.92 Å². The lowest BCUT2D eigenvalue weighted by Gasteiger charge is -2.11. The molecule has 1 amide bonds. The fourth-order valence-corrected chi connectivity index (χ4v) is 2.08. The number of nitrogens with one attached hydrogen (secondary N) is 1. The molecule has 2 rings (SSSR count). The summed E-state index contributed by atoms with van der Waals surface area (Å²) in [5.74, 6) is -0.0780. The number of fused-ring (bicyclic) bond motifs is 1. The second-order valence-electron chi connectivity index (χ2n) is 4.30. The molecule has 1 atom stereocenters. The van der Waals surface area contributed by atoms with Crippen LogP contribution in [-0.4, -0.2) is 18.2 Å². The van der Waals surface area contributed by atoms with Gasteiger partial charge < -0.3 is 11.1 Å². The van der Waals surface area contributed by atoms with Crippen molar-refractivity contribution in [1.82, 2.24) is 0 Å². The van der Waals surface area contributed by atoms with Gasteiger partial charge >= 0.3 is 0 Å². The lowest BCUT2D eigenvalue weighted by atomic mass is 9.94. The molecule has 1 heterocycles. The van der Waals surface area contributed by atoms with Crippen LogP contribution in [0.1, 0.15) is 29.3 Å². The molecule has 0 saturated heterocycles. The van der Waals surface area contributed by atoms with Gasteiger partial charge in [0.1, 0.15) is 0 Å². The first-order valence-electron chi connectivity index (χ1n) is 5.82. The monoisotopic (exact) mass is 232 g/mol. The van der Waals surface area contributed by atoms with Crippen molar-refractivity contribution in [3.8, 4) is 0 Å². The average Bonchev–Trinajstić information content (AvgIpc) is 2.69. The van der Waals surface area contributed by atoms with Crippen LogP contribution in [0.5, 0.6) is 0 Å². The van der Waals surface area contributed by atoms with Crippen molar-refractivity contribution in [2.45, 2.75) is 19.8 Å². The fraction of sp³-hybridized carbons (Fsp3) is 0.385. The minimum Gasteiger partial charge on any atom is -0.330 e. The highest BCUT2D eigenvalue weighted by molar-refractivity contribution is 6.02. The van der Waals surface area contributed by atoms with Gasteiger partial charge in [0.25, 0.3) is 0 Å². The van der Waals surface area contributed by atoms with Gasteiger partial charge in [-0.25, -0.2) is 0 Å². The van der Waals surface area contributed by atoms with Crippen molar-refractivity contribution in [3.05, 3.63) is 29.3 Å². The van der Waals surface area contributed by atoms with E-state index in [4.69, 9.17) is 5.73 Å². The first-order valence-corrected chi connectivity index (χ1v) is 5.82. The van der Waals surface area contributed by atoms with Crippen molar-refractivity contribution in [2.24, 2.45) is 11.7 Å². The first kappa shape index (κ1) is 11.8. The lowest BCUT2D eigenvalue weighted by Crippen LogP contribution is -2.23. The van der Waals surface area contributed by atoms with E-state index >= 15 is 0 Å². The molecule has 17 heavy (non-hydrogen) atoms. The minimum absolute atomic E-state index is 0.0181. The Morgan fingerprint density at radius 2 is 2.29 bits per heavy atom. The summed E-state index contributed by atoms with van der Waals surface area (Å²) in [5.41, 5.74) is 7.93. The smallest absolute Gasteiger partial charge is 0.228 e. The third-order valence-corrected chi connectivity index (χ3v) is 3.16. The van der Waals surface area contributed by atoms with E-state index in [1.54, 1.807) is 18.2 Å². The molecule has 0 bridgehead atoms. The molecule has 1 aromatic rings. The summed E-state index contributed by atoms with van der Waals surface area (Å²) in [6.45, 7) is 2.32. The highest BCUT2D eigenvalue weighted by atomic mass is 16.1. The van der Waals surface area contributed by atoms with E-state index in [0.717, 1.165) is 17.7 Å². The number of Topliss-reactive ketones (excluding diaryl/α,β-unsaturated/α-hetero) is 1. The second kappa shape index (κ2) is 4.67. The van der Waals surface area contributed by atoms with E-state index in [1.807, 2.05) is 6.92 Å². The molecule has 0 fully saturated rings. The normalized spacial score (nSPS) is 15.3. The summed E-state index contributed by atoms with van der Waals surface area (Å²) in [6.07, 6.45) is 1.10. The number of ketones is 1. The van der Waals surface area contributed by atoms with Gasteiger partial charge in [0, 0.05) is 23.7 Å². The number of hydrogen-bond donors (Lipinski definition) is 2. The standard InChI is InChI=1S/C13H16N2O2/c1-2-8(7-14)13(17)9-3-4-11-10(5-9)6-12(16)15-11/h3-5,8H,2,6-7,14H2,1H3,(H,15,16). The maximum Gasteiger partial charge on any atom is 0.228 e. The van der Waals surface area contributed by atoms with Gasteiger partial charge in [-0.3, -0.25) is 9.59 Å². The van der Waals surface area contributed by atoms with Crippen molar-refractivity contribution < 1.29 is 9.59 Å². The molecule has 0 aromatic heterocycles. The zero-order chi connectivity index (χ0) is 12.4. The molecular weight excluding hydrogens is 216 g/mol. The van der Waals surface area contributed by atoms with Gasteiger partial charge in [-0.15, -0.1) is 0 Å². The molecule has 4 nitrogen and oxygen atoms in total. The van der Waals surface area contributed by atoms with E-state index in [9.17, 15) is 9.59 Å². The van der Waals surface area contributed by atoms with Crippen LogP contribution >= 0.6 is 0 Å². The number of rotatable bonds is 4. The van der Waals surface area contributed by atoms with E-state index in [2.05, 4.69) is 5.32 Å². The second-order valence-corrected chi connectivity index (χ2v) is 4.30.